The van der Waals surface area contributed by atoms with Gasteiger partial charge >= 0.3 is 6.30 Å². The van der Waals surface area contributed by atoms with E-state index in [1.54, 1.807) is 0 Å². The van der Waals surface area contributed by atoms with Crippen LogP contribution in [-0.2, 0) is 11.3 Å². The molecule has 17 heavy (non-hydrogen) atoms. The largest absolute Gasteiger partial charge is 0.755 e. The lowest BCUT2D eigenvalue weighted by Crippen LogP contribution is -2.39. The summed E-state index contributed by atoms with van der Waals surface area (Å²) in [6.45, 7) is 0. The maximum atomic E-state index is 12.7. The Morgan fingerprint density at radius 1 is 1.41 bits per heavy atom. The summed E-state index contributed by atoms with van der Waals surface area (Å²) in [6.07, 6.45) is -5.23. The topological polar surface area (TPSA) is 67.2 Å². The van der Waals surface area contributed by atoms with Gasteiger partial charge in [0.2, 0.25) is 0 Å². The number of hydrogen-bond donors (Lipinski definition) is 0. The Labute approximate surface area is 95.5 Å². The van der Waals surface area contributed by atoms with Gasteiger partial charge in [-0.15, -0.1) is 13.2 Å². The first kappa shape index (κ1) is 13.4. The molecule has 0 aliphatic heterocycles. The molecule has 1 unspecified atom stereocenters. The quantitative estimate of drug-likeness (QED) is 0.466. The fourth-order valence-corrected chi connectivity index (χ4v) is 1.57. The van der Waals surface area contributed by atoms with E-state index in [4.69, 9.17) is 5.26 Å². The van der Waals surface area contributed by atoms with Crippen LogP contribution < -0.4 is 4.31 Å². The number of benzene rings is 1. The molecule has 0 saturated heterocycles. The Hall–Kier alpha value is -1.66. The zero-order chi connectivity index (χ0) is 13.2. The normalized spacial score (nSPS) is 12.9. The summed E-state index contributed by atoms with van der Waals surface area (Å²) >= 11 is -3.66. The molecular weight excluding hydrogens is 264 g/mol. The lowest BCUT2D eigenvalue weighted by atomic mass is 10.2. The van der Waals surface area contributed by atoms with Gasteiger partial charge in [-0.05, 0) is 18.2 Å². The summed E-state index contributed by atoms with van der Waals surface area (Å²) in [7, 11) is 0. The van der Waals surface area contributed by atoms with Crippen LogP contribution in [0.3, 0.4) is 0 Å². The molecule has 0 heterocycles. The Morgan fingerprint density at radius 2 is 2.00 bits per heavy atom. The summed E-state index contributed by atoms with van der Waals surface area (Å²) < 4.78 is 70.0. The summed E-state index contributed by atoms with van der Waals surface area (Å²) in [5.41, 5.74) is -1.68. The maximum Gasteiger partial charge on any atom is 0.495 e. The van der Waals surface area contributed by atoms with Crippen molar-refractivity contribution in [1.82, 2.24) is 0 Å². The second-order valence-corrected chi connectivity index (χ2v) is 3.55. The van der Waals surface area contributed by atoms with Crippen LogP contribution in [-0.4, -0.2) is 15.1 Å². The first-order valence-electron chi connectivity index (χ1n) is 3.93. The van der Waals surface area contributed by atoms with Gasteiger partial charge < -0.3 is 4.55 Å². The molecule has 1 rings (SSSR count). The molecule has 1 aromatic carbocycles. The van der Waals surface area contributed by atoms with Gasteiger partial charge in [0.05, 0.1) is 22.5 Å². The second kappa shape index (κ2) is 4.68. The highest BCUT2D eigenvalue weighted by molar-refractivity contribution is 7.80. The van der Waals surface area contributed by atoms with Crippen molar-refractivity contribution < 1.29 is 26.3 Å². The number of alkyl halides is 3. The Kier molecular flexibility index (Phi) is 3.69. The van der Waals surface area contributed by atoms with E-state index in [9.17, 15) is 26.3 Å². The fourth-order valence-electron chi connectivity index (χ4n) is 1.08. The minimum atomic E-state index is -5.23. The monoisotopic (exact) mass is 267 g/mol. The van der Waals surface area contributed by atoms with Crippen molar-refractivity contribution in [2.75, 3.05) is 4.31 Å². The number of nitriles is 1. The average Bonchev–Trinajstić information content (AvgIpc) is 2.17. The van der Waals surface area contributed by atoms with Crippen LogP contribution in [0.1, 0.15) is 5.56 Å². The van der Waals surface area contributed by atoms with E-state index in [0.717, 1.165) is 0 Å². The van der Waals surface area contributed by atoms with Crippen LogP contribution in [0, 0.1) is 17.1 Å². The van der Waals surface area contributed by atoms with Gasteiger partial charge in [0.25, 0.3) is 0 Å². The van der Waals surface area contributed by atoms with Crippen molar-refractivity contribution in [3.63, 3.8) is 0 Å². The first-order chi connectivity index (χ1) is 7.77. The average molecular weight is 267 g/mol. The second-order valence-electron chi connectivity index (χ2n) is 2.75. The lowest BCUT2D eigenvalue weighted by molar-refractivity contribution is -0.115. The first-order valence-corrected chi connectivity index (χ1v) is 4.96. The van der Waals surface area contributed by atoms with E-state index in [0.29, 0.717) is 18.2 Å². The van der Waals surface area contributed by atoms with Gasteiger partial charge in [0, 0.05) is 0 Å². The van der Waals surface area contributed by atoms with Gasteiger partial charge in [-0.1, -0.05) is 0 Å². The molecule has 0 amide bonds. The van der Waals surface area contributed by atoms with Crippen LogP contribution in [0.2, 0.25) is 0 Å². The molecule has 0 saturated carbocycles. The van der Waals surface area contributed by atoms with Crippen molar-refractivity contribution in [1.29, 1.82) is 5.26 Å². The number of hydrogen-bond acceptors (Lipinski definition) is 3. The highest BCUT2D eigenvalue weighted by Crippen LogP contribution is 2.32. The number of halogens is 4. The molecule has 92 valence electrons. The smallest absolute Gasteiger partial charge is 0.495 e. The summed E-state index contributed by atoms with van der Waals surface area (Å²) in [5.74, 6) is -0.941. The zero-order valence-electron chi connectivity index (χ0n) is 7.86. The SMILES string of the molecule is N#Cc1cc(F)ccc1N(S(=O)[O-])C(F)(F)F. The number of nitrogens with zero attached hydrogens (tertiary/aromatic N) is 2. The molecule has 0 aliphatic carbocycles. The Morgan fingerprint density at radius 3 is 2.41 bits per heavy atom. The van der Waals surface area contributed by atoms with E-state index >= 15 is 0 Å². The molecule has 9 heteroatoms. The van der Waals surface area contributed by atoms with Gasteiger partial charge in [0.1, 0.15) is 11.9 Å². The van der Waals surface area contributed by atoms with Gasteiger partial charge in [-0.3, -0.25) is 4.21 Å². The summed E-state index contributed by atoms with van der Waals surface area (Å²) in [4.78, 5) is 0. The van der Waals surface area contributed by atoms with Crippen molar-refractivity contribution in [3.05, 3.63) is 29.6 Å². The summed E-state index contributed by atoms with van der Waals surface area (Å²) in [6, 6.07) is 3.00. The van der Waals surface area contributed by atoms with Crippen LogP contribution in [0.15, 0.2) is 18.2 Å². The number of anilines is 1. The molecule has 1 atom stereocenters. The molecule has 4 nitrogen and oxygen atoms in total. The molecule has 0 bridgehead atoms. The molecule has 0 aromatic heterocycles. The van der Waals surface area contributed by atoms with Crippen molar-refractivity contribution in [2.45, 2.75) is 6.30 Å². The molecule has 0 aliphatic rings. The highest BCUT2D eigenvalue weighted by Gasteiger charge is 2.40. The van der Waals surface area contributed by atoms with Crippen LogP contribution in [0.25, 0.3) is 0 Å². The molecule has 0 radical (unpaired) electrons. The Bertz CT molecular complexity index is 497. The maximum absolute atomic E-state index is 12.7. The predicted molar refractivity (Wildman–Crippen MR) is 48.6 cm³/mol. The molecule has 0 spiro atoms. The summed E-state index contributed by atoms with van der Waals surface area (Å²) in [5, 5.41) is 8.53. The molecule has 0 fully saturated rings. The standard InChI is InChI=1S/C8H4F4N2O2S/c9-6-1-2-7(5(3-6)4-13)14(17(15)16)8(10,11)12/h1-3H,(H,15,16)/p-1. The third-order valence-corrected chi connectivity index (χ3v) is 2.38. The number of rotatable bonds is 2. The van der Waals surface area contributed by atoms with Gasteiger partial charge in [-0.2, -0.15) is 5.26 Å². The minimum Gasteiger partial charge on any atom is -0.755 e. The predicted octanol–water partition coefficient (Wildman–Crippen LogP) is 1.82. The van der Waals surface area contributed by atoms with Crippen molar-refractivity contribution in [3.8, 4) is 6.07 Å². The fraction of sp³-hybridized carbons (Fsp3) is 0.125. The van der Waals surface area contributed by atoms with Crippen molar-refractivity contribution in [2.24, 2.45) is 0 Å². The third-order valence-electron chi connectivity index (χ3n) is 1.68. The van der Waals surface area contributed by atoms with Crippen LogP contribution in [0.4, 0.5) is 23.2 Å². The minimum absolute atomic E-state index is 0.515. The van der Waals surface area contributed by atoms with E-state index in [-0.39, 0.29) is 0 Å². The van der Waals surface area contributed by atoms with Crippen molar-refractivity contribution >= 4 is 17.0 Å². The lowest BCUT2D eigenvalue weighted by Gasteiger charge is -2.28. The van der Waals surface area contributed by atoms with Crippen LogP contribution >= 0.6 is 0 Å². The molecular formula is C8H3F4N2O2S-. The molecule has 1 aromatic rings. The van der Waals surface area contributed by atoms with E-state index in [1.807, 2.05) is 0 Å². The van der Waals surface area contributed by atoms with Crippen LogP contribution in [0.5, 0.6) is 0 Å². The highest BCUT2D eigenvalue weighted by atomic mass is 32.2. The van der Waals surface area contributed by atoms with E-state index in [1.165, 1.54) is 6.07 Å². The third kappa shape index (κ3) is 2.92. The molecule has 0 N–H and O–H groups in total. The van der Waals surface area contributed by atoms with E-state index < -0.39 is 38.9 Å². The Balaban J connectivity index is 3.40. The van der Waals surface area contributed by atoms with Gasteiger partial charge in [0.15, 0.2) is 0 Å². The van der Waals surface area contributed by atoms with E-state index in [2.05, 4.69) is 0 Å². The zero-order valence-corrected chi connectivity index (χ0v) is 8.68. The van der Waals surface area contributed by atoms with Gasteiger partial charge in [-0.25, -0.2) is 8.70 Å².